The van der Waals surface area contributed by atoms with E-state index in [1.807, 2.05) is 42.5 Å². The Balaban J connectivity index is 1.89. The van der Waals surface area contributed by atoms with E-state index in [1.54, 1.807) is 25.3 Å². The molecule has 2 aromatic carbocycles. The third-order valence-corrected chi connectivity index (χ3v) is 2.99. The first-order chi connectivity index (χ1) is 10.3. The molecule has 3 nitrogen and oxygen atoms in total. The molecule has 0 bridgehead atoms. The van der Waals surface area contributed by atoms with Crippen LogP contribution < -0.4 is 4.74 Å². The van der Waals surface area contributed by atoms with E-state index in [4.69, 9.17) is 14.7 Å². The topological polar surface area (TPSA) is 42.2 Å². The predicted molar refractivity (Wildman–Crippen MR) is 82.8 cm³/mol. The molecule has 0 aliphatic carbocycles. The van der Waals surface area contributed by atoms with Crippen molar-refractivity contribution in [2.24, 2.45) is 0 Å². The van der Waals surface area contributed by atoms with Crippen molar-refractivity contribution in [3.8, 4) is 11.8 Å². The summed E-state index contributed by atoms with van der Waals surface area (Å²) in [6.07, 6.45) is 3.99. The van der Waals surface area contributed by atoms with Crippen molar-refractivity contribution in [1.82, 2.24) is 0 Å². The predicted octanol–water partition coefficient (Wildman–Crippen LogP) is 3.80. The van der Waals surface area contributed by atoms with Crippen LogP contribution >= 0.6 is 0 Å². The van der Waals surface area contributed by atoms with Crippen LogP contribution in [0, 0.1) is 11.3 Å². The van der Waals surface area contributed by atoms with Crippen LogP contribution in [0.2, 0.25) is 0 Å². The van der Waals surface area contributed by atoms with Crippen molar-refractivity contribution in [3.63, 3.8) is 0 Å². The second kappa shape index (κ2) is 7.88. The van der Waals surface area contributed by atoms with Gasteiger partial charge < -0.3 is 9.47 Å². The van der Waals surface area contributed by atoms with Gasteiger partial charge in [0.25, 0.3) is 0 Å². The Labute approximate surface area is 125 Å². The number of ether oxygens (including phenoxy) is 2. The molecule has 0 aliphatic rings. The smallest absolute Gasteiger partial charge is 0.124 e. The van der Waals surface area contributed by atoms with Gasteiger partial charge in [0.15, 0.2) is 0 Å². The van der Waals surface area contributed by atoms with Gasteiger partial charge in [-0.3, -0.25) is 0 Å². The third-order valence-electron chi connectivity index (χ3n) is 2.99. The van der Waals surface area contributed by atoms with Crippen LogP contribution in [0.3, 0.4) is 0 Å². The molecule has 0 saturated carbocycles. The maximum absolute atomic E-state index is 8.92. The van der Waals surface area contributed by atoms with Gasteiger partial charge in [0.05, 0.1) is 32.0 Å². The van der Waals surface area contributed by atoms with E-state index >= 15 is 0 Å². The maximum atomic E-state index is 8.92. The van der Waals surface area contributed by atoms with Crippen LogP contribution in [0.15, 0.2) is 54.6 Å². The van der Waals surface area contributed by atoms with Crippen molar-refractivity contribution in [2.45, 2.75) is 6.61 Å². The fourth-order valence-electron chi connectivity index (χ4n) is 1.95. The lowest BCUT2D eigenvalue weighted by Crippen LogP contribution is -1.97. The number of hydrogen-bond acceptors (Lipinski definition) is 3. The summed E-state index contributed by atoms with van der Waals surface area (Å²) in [6, 6.07) is 17.5. The van der Waals surface area contributed by atoms with Gasteiger partial charge >= 0.3 is 0 Å². The van der Waals surface area contributed by atoms with E-state index in [1.165, 1.54) is 0 Å². The van der Waals surface area contributed by atoms with E-state index in [-0.39, 0.29) is 0 Å². The van der Waals surface area contributed by atoms with Gasteiger partial charge in [0.2, 0.25) is 0 Å². The maximum Gasteiger partial charge on any atom is 0.124 e. The molecule has 0 fully saturated rings. The Morgan fingerprint density at radius 3 is 2.67 bits per heavy atom. The van der Waals surface area contributed by atoms with Crippen molar-refractivity contribution in [1.29, 1.82) is 5.26 Å². The number of hydrogen-bond donors (Lipinski definition) is 0. The van der Waals surface area contributed by atoms with Crippen LogP contribution in [-0.2, 0) is 11.3 Å². The molecule has 0 heterocycles. The Hall–Kier alpha value is -2.57. The van der Waals surface area contributed by atoms with Gasteiger partial charge in [-0.2, -0.15) is 5.26 Å². The van der Waals surface area contributed by atoms with E-state index in [2.05, 4.69) is 6.07 Å². The second-order valence-electron chi connectivity index (χ2n) is 4.47. The molecule has 0 amide bonds. The average molecular weight is 279 g/mol. The Morgan fingerprint density at radius 1 is 1.14 bits per heavy atom. The number of nitrogens with zero attached hydrogens (tertiary/aromatic N) is 1. The summed E-state index contributed by atoms with van der Waals surface area (Å²) >= 11 is 0. The summed E-state index contributed by atoms with van der Waals surface area (Å²) in [7, 11) is 1.61. The zero-order valence-electron chi connectivity index (χ0n) is 12.0. The SMILES string of the molecule is COc1ccc(C#N)cc1COC/C=C/c1ccccc1. The minimum Gasteiger partial charge on any atom is -0.496 e. The van der Waals surface area contributed by atoms with E-state index < -0.39 is 0 Å². The summed E-state index contributed by atoms with van der Waals surface area (Å²) in [5.74, 6) is 0.737. The number of benzene rings is 2. The van der Waals surface area contributed by atoms with Crippen molar-refractivity contribution >= 4 is 6.08 Å². The fourth-order valence-corrected chi connectivity index (χ4v) is 1.95. The summed E-state index contributed by atoms with van der Waals surface area (Å²) in [5.41, 5.74) is 2.63. The molecule has 2 rings (SSSR count). The molecule has 0 radical (unpaired) electrons. The van der Waals surface area contributed by atoms with Gasteiger partial charge in [-0.05, 0) is 23.8 Å². The second-order valence-corrected chi connectivity index (χ2v) is 4.47. The first-order valence-electron chi connectivity index (χ1n) is 6.70. The molecule has 106 valence electrons. The summed E-state index contributed by atoms with van der Waals surface area (Å²) < 4.78 is 10.9. The zero-order valence-corrected chi connectivity index (χ0v) is 12.0. The van der Waals surface area contributed by atoms with Crippen LogP contribution in [-0.4, -0.2) is 13.7 Å². The Bertz CT molecular complexity index is 642. The largest absolute Gasteiger partial charge is 0.496 e. The van der Waals surface area contributed by atoms with Gasteiger partial charge in [-0.1, -0.05) is 42.5 Å². The highest BCUT2D eigenvalue weighted by atomic mass is 16.5. The summed E-state index contributed by atoms with van der Waals surface area (Å²) in [6.45, 7) is 0.923. The lowest BCUT2D eigenvalue weighted by molar-refractivity contribution is 0.146. The minimum atomic E-state index is 0.415. The monoisotopic (exact) mass is 279 g/mol. The molecule has 0 unspecified atom stereocenters. The van der Waals surface area contributed by atoms with Crippen LogP contribution in [0.25, 0.3) is 6.08 Å². The average Bonchev–Trinajstić information content (AvgIpc) is 2.55. The summed E-state index contributed by atoms with van der Waals surface area (Å²) in [4.78, 5) is 0. The van der Waals surface area contributed by atoms with Gasteiger partial charge in [0.1, 0.15) is 5.75 Å². The quantitative estimate of drug-likeness (QED) is 0.755. The molecule has 2 aromatic rings. The normalized spacial score (nSPS) is 10.5. The molecule has 3 heteroatoms. The standard InChI is InChI=1S/C18H17NO2/c1-20-18-10-9-16(13-19)12-17(18)14-21-11-5-8-15-6-3-2-4-7-15/h2-10,12H,11,14H2,1H3/b8-5+. The van der Waals surface area contributed by atoms with Crippen molar-refractivity contribution in [2.75, 3.05) is 13.7 Å². The van der Waals surface area contributed by atoms with Gasteiger partial charge in [-0.15, -0.1) is 0 Å². The molecule has 0 aromatic heterocycles. The lowest BCUT2D eigenvalue weighted by atomic mass is 10.1. The highest BCUT2D eigenvalue weighted by Gasteiger charge is 2.04. The third kappa shape index (κ3) is 4.48. The molecule has 0 aliphatic heterocycles. The molecule has 0 spiro atoms. The molecular weight excluding hydrogens is 262 g/mol. The van der Waals surface area contributed by atoms with Crippen LogP contribution in [0.4, 0.5) is 0 Å². The first-order valence-corrected chi connectivity index (χ1v) is 6.70. The van der Waals surface area contributed by atoms with E-state index in [0.717, 1.165) is 16.9 Å². The van der Waals surface area contributed by atoms with E-state index in [9.17, 15) is 0 Å². The molecule has 21 heavy (non-hydrogen) atoms. The molecule has 0 atom stereocenters. The highest BCUT2D eigenvalue weighted by Crippen LogP contribution is 2.20. The summed E-state index contributed by atoms with van der Waals surface area (Å²) in [5, 5.41) is 8.92. The van der Waals surface area contributed by atoms with Crippen molar-refractivity contribution in [3.05, 3.63) is 71.3 Å². The fraction of sp³-hybridized carbons (Fsp3) is 0.167. The number of methoxy groups -OCH3 is 1. The Kier molecular flexibility index (Phi) is 5.57. The van der Waals surface area contributed by atoms with Crippen molar-refractivity contribution < 1.29 is 9.47 Å². The molecule has 0 N–H and O–H groups in total. The molecular formula is C18H17NO2. The van der Waals surface area contributed by atoms with Crippen LogP contribution in [0.1, 0.15) is 16.7 Å². The van der Waals surface area contributed by atoms with Crippen LogP contribution in [0.5, 0.6) is 5.75 Å². The first kappa shape index (κ1) is 14.8. The Morgan fingerprint density at radius 2 is 1.95 bits per heavy atom. The number of rotatable bonds is 6. The highest BCUT2D eigenvalue weighted by molar-refractivity contribution is 5.48. The zero-order chi connectivity index (χ0) is 14.9. The minimum absolute atomic E-state index is 0.415. The number of nitriles is 1. The van der Waals surface area contributed by atoms with Gasteiger partial charge in [0, 0.05) is 5.56 Å². The lowest BCUT2D eigenvalue weighted by Gasteiger charge is -2.08. The van der Waals surface area contributed by atoms with Gasteiger partial charge in [-0.25, -0.2) is 0 Å². The van der Waals surface area contributed by atoms with E-state index in [0.29, 0.717) is 18.8 Å². The molecule has 0 saturated heterocycles.